The van der Waals surface area contributed by atoms with Crippen molar-refractivity contribution in [3.05, 3.63) is 29.8 Å². The molecule has 6 heteroatoms. The van der Waals surface area contributed by atoms with E-state index in [1.54, 1.807) is 19.1 Å². The Kier molecular flexibility index (Phi) is 6.40. The zero-order valence-electron chi connectivity index (χ0n) is 13.7. The average Bonchev–Trinajstić information content (AvgIpc) is 2.94. The van der Waals surface area contributed by atoms with E-state index in [0.717, 1.165) is 17.7 Å². The summed E-state index contributed by atoms with van der Waals surface area (Å²) in [5, 5.41) is 2.92. The van der Waals surface area contributed by atoms with Crippen LogP contribution in [0.3, 0.4) is 0 Å². The van der Waals surface area contributed by atoms with E-state index in [4.69, 9.17) is 9.47 Å². The number of carbonyl (C=O) groups excluding carboxylic acids is 2. The van der Waals surface area contributed by atoms with Crippen LogP contribution < -0.4 is 10.1 Å². The lowest BCUT2D eigenvalue weighted by Crippen LogP contribution is -2.34. The lowest BCUT2D eigenvalue weighted by Gasteiger charge is -2.15. The molecule has 0 saturated carbocycles. The molecule has 1 saturated heterocycles. The molecule has 23 heavy (non-hydrogen) atoms. The molecule has 1 heterocycles. The Bertz CT molecular complexity index is 530. The van der Waals surface area contributed by atoms with E-state index in [9.17, 15) is 9.59 Å². The summed E-state index contributed by atoms with van der Waals surface area (Å²) in [6, 6.07) is 7.77. The topological polar surface area (TPSA) is 67.9 Å². The molecule has 1 atom stereocenters. The standard InChI is InChI=1S/C17H24N2O4/c1-22-10-9-19-12-14(11-16(19)20)17(21)18-8-7-13-3-5-15(23-2)6-4-13/h3-6,14H,7-12H2,1-2H3,(H,18,21). The number of nitrogens with zero attached hydrogens (tertiary/aromatic N) is 1. The number of ether oxygens (including phenoxy) is 2. The zero-order chi connectivity index (χ0) is 16.7. The first-order valence-electron chi connectivity index (χ1n) is 7.81. The van der Waals surface area contributed by atoms with Crippen LogP contribution in [-0.4, -0.2) is 57.2 Å². The summed E-state index contributed by atoms with van der Waals surface area (Å²) in [4.78, 5) is 25.7. The van der Waals surface area contributed by atoms with Crippen LogP contribution in [0, 0.1) is 5.92 Å². The molecule has 0 bridgehead atoms. The van der Waals surface area contributed by atoms with Gasteiger partial charge in [0.2, 0.25) is 11.8 Å². The van der Waals surface area contributed by atoms with Gasteiger partial charge in [0.15, 0.2) is 0 Å². The van der Waals surface area contributed by atoms with Crippen molar-refractivity contribution in [2.75, 3.05) is 40.5 Å². The van der Waals surface area contributed by atoms with Gasteiger partial charge in [0.1, 0.15) is 5.75 Å². The number of likely N-dealkylation sites (tertiary alicyclic amines) is 1. The molecule has 1 aliphatic rings. The molecule has 1 aromatic rings. The van der Waals surface area contributed by atoms with Crippen molar-refractivity contribution < 1.29 is 19.1 Å². The molecular weight excluding hydrogens is 296 g/mol. The summed E-state index contributed by atoms with van der Waals surface area (Å²) < 4.78 is 10.1. The van der Waals surface area contributed by atoms with Crippen molar-refractivity contribution in [3.63, 3.8) is 0 Å². The second-order valence-corrected chi connectivity index (χ2v) is 5.62. The highest BCUT2D eigenvalue weighted by molar-refractivity contribution is 5.89. The fraction of sp³-hybridized carbons (Fsp3) is 0.529. The monoisotopic (exact) mass is 320 g/mol. The Labute approximate surface area is 136 Å². The Morgan fingerprint density at radius 3 is 2.70 bits per heavy atom. The van der Waals surface area contributed by atoms with Crippen molar-refractivity contribution in [1.29, 1.82) is 0 Å². The number of carbonyl (C=O) groups is 2. The summed E-state index contributed by atoms with van der Waals surface area (Å²) in [7, 11) is 3.23. The van der Waals surface area contributed by atoms with Crippen molar-refractivity contribution in [2.24, 2.45) is 5.92 Å². The number of nitrogens with one attached hydrogen (secondary N) is 1. The summed E-state index contributed by atoms with van der Waals surface area (Å²) in [6.45, 7) is 2.09. The molecule has 0 spiro atoms. The molecule has 1 fully saturated rings. The normalized spacial score (nSPS) is 17.4. The molecule has 1 N–H and O–H groups in total. The van der Waals surface area contributed by atoms with E-state index >= 15 is 0 Å². The lowest BCUT2D eigenvalue weighted by atomic mass is 10.1. The maximum Gasteiger partial charge on any atom is 0.225 e. The van der Waals surface area contributed by atoms with Crippen LogP contribution in [-0.2, 0) is 20.7 Å². The fourth-order valence-corrected chi connectivity index (χ4v) is 2.63. The van der Waals surface area contributed by atoms with Gasteiger partial charge in [0, 0.05) is 33.2 Å². The summed E-state index contributed by atoms with van der Waals surface area (Å²) in [6.07, 6.45) is 1.04. The van der Waals surface area contributed by atoms with Crippen LogP contribution in [0.4, 0.5) is 0 Å². The number of amides is 2. The van der Waals surface area contributed by atoms with Crippen molar-refractivity contribution in [3.8, 4) is 5.75 Å². The molecule has 2 rings (SSSR count). The molecule has 0 aromatic heterocycles. The molecule has 6 nitrogen and oxygen atoms in total. The first-order valence-corrected chi connectivity index (χ1v) is 7.81. The van der Waals surface area contributed by atoms with Crippen LogP contribution in [0.5, 0.6) is 5.75 Å². The van der Waals surface area contributed by atoms with E-state index in [1.807, 2.05) is 24.3 Å². The maximum absolute atomic E-state index is 12.2. The molecule has 2 amide bonds. The molecular formula is C17H24N2O4. The highest BCUT2D eigenvalue weighted by Crippen LogP contribution is 2.17. The van der Waals surface area contributed by atoms with Crippen LogP contribution in [0.1, 0.15) is 12.0 Å². The van der Waals surface area contributed by atoms with Gasteiger partial charge in [-0.3, -0.25) is 9.59 Å². The summed E-state index contributed by atoms with van der Waals surface area (Å²) >= 11 is 0. The van der Waals surface area contributed by atoms with E-state index in [2.05, 4.69) is 5.32 Å². The Morgan fingerprint density at radius 1 is 1.30 bits per heavy atom. The Hall–Kier alpha value is -2.08. The first kappa shape index (κ1) is 17.3. The number of methoxy groups -OCH3 is 2. The largest absolute Gasteiger partial charge is 0.497 e. The first-order chi connectivity index (χ1) is 11.1. The van der Waals surface area contributed by atoms with E-state index in [0.29, 0.717) is 26.2 Å². The minimum Gasteiger partial charge on any atom is -0.497 e. The third kappa shape index (κ3) is 4.96. The lowest BCUT2D eigenvalue weighted by molar-refractivity contribution is -0.129. The fourth-order valence-electron chi connectivity index (χ4n) is 2.63. The number of benzene rings is 1. The van der Waals surface area contributed by atoms with Gasteiger partial charge in [-0.15, -0.1) is 0 Å². The molecule has 126 valence electrons. The van der Waals surface area contributed by atoms with Crippen molar-refractivity contribution >= 4 is 11.8 Å². The number of rotatable bonds is 8. The van der Waals surface area contributed by atoms with Gasteiger partial charge in [-0.1, -0.05) is 12.1 Å². The van der Waals surface area contributed by atoms with Gasteiger partial charge in [-0.05, 0) is 24.1 Å². The van der Waals surface area contributed by atoms with E-state index in [1.165, 1.54) is 0 Å². The highest BCUT2D eigenvalue weighted by atomic mass is 16.5. The van der Waals surface area contributed by atoms with Crippen LogP contribution >= 0.6 is 0 Å². The zero-order valence-corrected chi connectivity index (χ0v) is 13.7. The minimum absolute atomic E-state index is 0.0253. The van der Waals surface area contributed by atoms with E-state index < -0.39 is 0 Å². The third-order valence-corrected chi connectivity index (χ3v) is 4.02. The minimum atomic E-state index is -0.254. The number of hydrogen-bond donors (Lipinski definition) is 1. The Morgan fingerprint density at radius 2 is 2.04 bits per heavy atom. The van der Waals surface area contributed by atoms with Gasteiger partial charge in [0.25, 0.3) is 0 Å². The molecule has 1 aliphatic heterocycles. The predicted octanol–water partition coefficient (Wildman–Crippen LogP) is 0.849. The van der Waals surface area contributed by atoms with Gasteiger partial charge in [-0.2, -0.15) is 0 Å². The van der Waals surface area contributed by atoms with Crippen molar-refractivity contribution in [2.45, 2.75) is 12.8 Å². The average molecular weight is 320 g/mol. The second kappa shape index (κ2) is 8.53. The van der Waals surface area contributed by atoms with Gasteiger partial charge in [-0.25, -0.2) is 0 Å². The highest BCUT2D eigenvalue weighted by Gasteiger charge is 2.33. The quantitative estimate of drug-likeness (QED) is 0.771. The van der Waals surface area contributed by atoms with E-state index in [-0.39, 0.29) is 24.2 Å². The maximum atomic E-state index is 12.2. The van der Waals surface area contributed by atoms with Crippen LogP contribution in [0.25, 0.3) is 0 Å². The van der Waals surface area contributed by atoms with Crippen LogP contribution in [0.2, 0.25) is 0 Å². The van der Waals surface area contributed by atoms with Gasteiger partial charge >= 0.3 is 0 Å². The van der Waals surface area contributed by atoms with Gasteiger partial charge < -0.3 is 19.7 Å². The summed E-state index contributed by atoms with van der Waals surface area (Å²) in [5.74, 6) is 0.540. The molecule has 0 aliphatic carbocycles. The molecule has 0 radical (unpaired) electrons. The summed E-state index contributed by atoms with van der Waals surface area (Å²) in [5.41, 5.74) is 1.13. The van der Waals surface area contributed by atoms with Crippen LogP contribution in [0.15, 0.2) is 24.3 Å². The second-order valence-electron chi connectivity index (χ2n) is 5.62. The van der Waals surface area contributed by atoms with Crippen molar-refractivity contribution in [1.82, 2.24) is 10.2 Å². The predicted molar refractivity (Wildman–Crippen MR) is 86.3 cm³/mol. The van der Waals surface area contributed by atoms with Gasteiger partial charge in [0.05, 0.1) is 19.6 Å². The molecule has 1 unspecified atom stereocenters. The third-order valence-electron chi connectivity index (χ3n) is 4.02. The molecule has 1 aromatic carbocycles. The Balaban J connectivity index is 1.73. The smallest absolute Gasteiger partial charge is 0.225 e. The SMILES string of the molecule is COCCN1CC(C(=O)NCCc2ccc(OC)cc2)CC1=O. The number of hydrogen-bond acceptors (Lipinski definition) is 4.